The van der Waals surface area contributed by atoms with E-state index in [-0.39, 0.29) is 6.10 Å². The number of hydrogen-bond donors (Lipinski definition) is 0. The Hall–Kier alpha value is -2.08. The minimum Gasteiger partial charge on any atom is -0.462 e. The van der Waals surface area contributed by atoms with Crippen LogP contribution in [0.15, 0.2) is 0 Å². The first kappa shape index (κ1) is 15.9. The fraction of sp³-hybridized carbons (Fsp3) is 0.667. The highest BCUT2D eigenvalue weighted by Gasteiger charge is 2.44. The molecule has 6 heteroatoms. The molecule has 0 radical (unpaired) electrons. The molecular formula is C12H16N2O4. The van der Waals surface area contributed by atoms with Crippen molar-refractivity contribution < 1.29 is 19.1 Å². The fourth-order valence-electron chi connectivity index (χ4n) is 1.15. The lowest BCUT2D eigenvalue weighted by Crippen LogP contribution is -2.40. The van der Waals surface area contributed by atoms with E-state index in [9.17, 15) is 9.59 Å². The summed E-state index contributed by atoms with van der Waals surface area (Å²) < 4.78 is 9.19. The van der Waals surface area contributed by atoms with Crippen molar-refractivity contribution >= 4 is 11.9 Å². The molecule has 0 aromatic rings. The average Bonchev–Trinajstić information content (AvgIpc) is 2.29. The van der Waals surface area contributed by atoms with Gasteiger partial charge < -0.3 is 9.47 Å². The molecule has 0 aliphatic carbocycles. The van der Waals surface area contributed by atoms with Gasteiger partial charge in [0.2, 0.25) is 0 Å². The molecule has 0 heterocycles. The zero-order chi connectivity index (χ0) is 14.3. The Bertz CT molecular complexity index is 403. The number of rotatable bonds is 5. The molecule has 0 aliphatic rings. The molecule has 98 valence electrons. The highest BCUT2D eigenvalue weighted by molar-refractivity contribution is 5.87. The maximum absolute atomic E-state index is 11.9. The summed E-state index contributed by atoms with van der Waals surface area (Å²) in [6.07, 6.45) is 1.52. The van der Waals surface area contributed by atoms with Gasteiger partial charge in [-0.25, -0.2) is 4.79 Å². The summed E-state index contributed by atoms with van der Waals surface area (Å²) in [5, 5.41) is 17.2. The van der Waals surface area contributed by atoms with Gasteiger partial charge in [-0.15, -0.1) is 5.26 Å². The van der Waals surface area contributed by atoms with Crippen LogP contribution in [-0.2, 0) is 19.1 Å². The van der Waals surface area contributed by atoms with Crippen LogP contribution in [0.2, 0.25) is 0 Å². The molecule has 0 aromatic heterocycles. The summed E-state index contributed by atoms with van der Waals surface area (Å²) in [4.78, 5) is 23.3. The van der Waals surface area contributed by atoms with Crippen molar-refractivity contribution in [3.8, 4) is 12.3 Å². The zero-order valence-corrected chi connectivity index (χ0v) is 10.9. The minimum absolute atomic E-state index is 0.303. The predicted molar refractivity (Wildman–Crippen MR) is 60.4 cm³/mol. The molecule has 0 aromatic carbocycles. The van der Waals surface area contributed by atoms with E-state index < -0.39 is 23.3 Å². The van der Waals surface area contributed by atoms with E-state index in [2.05, 4.69) is 4.74 Å². The third-order valence-electron chi connectivity index (χ3n) is 2.64. The Kier molecular flexibility index (Phi) is 5.84. The highest BCUT2D eigenvalue weighted by atomic mass is 16.5. The Balaban J connectivity index is 4.99. The normalized spacial score (nSPS) is 13.7. The molecule has 0 aliphatic heterocycles. The lowest BCUT2D eigenvalue weighted by Gasteiger charge is -2.26. The van der Waals surface area contributed by atoms with E-state index in [1.807, 2.05) is 6.92 Å². The Morgan fingerprint density at radius 1 is 1.33 bits per heavy atom. The second kappa shape index (κ2) is 6.61. The van der Waals surface area contributed by atoms with Crippen molar-refractivity contribution in [3.63, 3.8) is 0 Å². The van der Waals surface area contributed by atoms with Gasteiger partial charge in [0.25, 0.3) is 6.26 Å². The SMILES string of the molecule is CCC(C)OC(=O)C(C)(C)C(C#N)C(=O)OC#N. The predicted octanol–water partition coefficient (Wildman–Crippen LogP) is 1.52. The molecule has 0 amide bonds. The van der Waals surface area contributed by atoms with E-state index in [1.165, 1.54) is 20.1 Å². The van der Waals surface area contributed by atoms with Crippen LogP contribution < -0.4 is 0 Å². The van der Waals surface area contributed by atoms with E-state index in [0.29, 0.717) is 6.42 Å². The summed E-state index contributed by atoms with van der Waals surface area (Å²) >= 11 is 0. The summed E-state index contributed by atoms with van der Waals surface area (Å²) in [5.41, 5.74) is -1.37. The first-order valence-electron chi connectivity index (χ1n) is 5.51. The standard InChI is InChI=1S/C12H16N2O4/c1-5-8(2)18-11(16)12(3,4)9(6-13)10(15)17-7-14/h8-9H,5H2,1-4H3. The van der Waals surface area contributed by atoms with Gasteiger partial charge in [-0.3, -0.25) is 4.79 Å². The van der Waals surface area contributed by atoms with Crippen molar-refractivity contribution in [1.29, 1.82) is 10.5 Å². The van der Waals surface area contributed by atoms with Crippen molar-refractivity contribution in [1.82, 2.24) is 0 Å². The van der Waals surface area contributed by atoms with Crippen LogP contribution in [0.1, 0.15) is 34.1 Å². The molecule has 0 fully saturated rings. The summed E-state index contributed by atoms with van der Waals surface area (Å²) in [7, 11) is 0. The van der Waals surface area contributed by atoms with E-state index in [0.717, 1.165) is 0 Å². The van der Waals surface area contributed by atoms with E-state index in [1.54, 1.807) is 13.0 Å². The molecule has 0 spiro atoms. The van der Waals surface area contributed by atoms with Crippen molar-refractivity contribution in [3.05, 3.63) is 0 Å². The number of carbonyl (C=O) groups is 2. The molecule has 2 atom stereocenters. The van der Waals surface area contributed by atoms with Gasteiger partial charge >= 0.3 is 11.9 Å². The van der Waals surface area contributed by atoms with Gasteiger partial charge in [-0.1, -0.05) is 6.92 Å². The van der Waals surface area contributed by atoms with Crippen LogP contribution in [0.3, 0.4) is 0 Å². The molecule has 0 bridgehead atoms. The van der Waals surface area contributed by atoms with Crippen LogP contribution in [0.25, 0.3) is 0 Å². The van der Waals surface area contributed by atoms with Crippen LogP contribution in [0.5, 0.6) is 0 Å². The molecule has 0 N–H and O–H groups in total. The number of carbonyl (C=O) groups excluding carboxylic acids is 2. The Morgan fingerprint density at radius 2 is 1.89 bits per heavy atom. The van der Waals surface area contributed by atoms with Gasteiger partial charge in [-0.2, -0.15) is 5.26 Å². The maximum Gasteiger partial charge on any atom is 0.340 e. The van der Waals surface area contributed by atoms with Crippen LogP contribution in [-0.4, -0.2) is 18.0 Å². The van der Waals surface area contributed by atoms with Crippen molar-refractivity contribution in [2.75, 3.05) is 0 Å². The van der Waals surface area contributed by atoms with Crippen LogP contribution in [0, 0.1) is 34.2 Å². The third-order valence-corrected chi connectivity index (χ3v) is 2.64. The maximum atomic E-state index is 11.9. The number of esters is 2. The van der Waals surface area contributed by atoms with Crippen molar-refractivity contribution in [2.45, 2.75) is 40.2 Å². The summed E-state index contributed by atoms with van der Waals surface area (Å²) in [6.45, 7) is 6.37. The Morgan fingerprint density at radius 3 is 2.28 bits per heavy atom. The zero-order valence-electron chi connectivity index (χ0n) is 10.9. The lowest BCUT2D eigenvalue weighted by molar-refractivity contribution is -0.166. The first-order valence-corrected chi connectivity index (χ1v) is 5.51. The van der Waals surface area contributed by atoms with E-state index >= 15 is 0 Å². The number of nitrogens with zero attached hydrogens (tertiary/aromatic N) is 2. The molecule has 6 nitrogen and oxygen atoms in total. The van der Waals surface area contributed by atoms with Gasteiger partial charge in [0.15, 0.2) is 5.92 Å². The van der Waals surface area contributed by atoms with Gasteiger partial charge in [0.1, 0.15) is 0 Å². The fourth-order valence-corrected chi connectivity index (χ4v) is 1.15. The van der Waals surface area contributed by atoms with Gasteiger partial charge in [0.05, 0.1) is 17.6 Å². The van der Waals surface area contributed by atoms with Gasteiger partial charge in [-0.05, 0) is 27.2 Å². The smallest absolute Gasteiger partial charge is 0.340 e. The van der Waals surface area contributed by atoms with Crippen LogP contribution >= 0.6 is 0 Å². The minimum atomic E-state index is -1.38. The second-order valence-corrected chi connectivity index (χ2v) is 4.42. The molecule has 0 rings (SSSR count). The second-order valence-electron chi connectivity index (χ2n) is 4.42. The van der Waals surface area contributed by atoms with Crippen molar-refractivity contribution in [2.24, 2.45) is 11.3 Å². The monoisotopic (exact) mass is 252 g/mol. The van der Waals surface area contributed by atoms with Crippen LogP contribution in [0.4, 0.5) is 0 Å². The molecule has 0 saturated carbocycles. The summed E-state index contributed by atoms with van der Waals surface area (Å²) in [6, 6.07) is 1.67. The van der Waals surface area contributed by atoms with E-state index in [4.69, 9.17) is 15.3 Å². The molecular weight excluding hydrogens is 236 g/mol. The third kappa shape index (κ3) is 3.74. The number of ether oxygens (including phenoxy) is 2. The average molecular weight is 252 g/mol. The lowest BCUT2D eigenvalue weighted by atomic mass is 9.79. The summed E-state index contributed by atoms with van der Waals surface area (Å²) in [5.74, 6) is -3.10. The quantitative estimate of drug-likeness (QED) is 0.543. The number of nitriles is 2. The molecule has 18 heavy (non-hydrogen) atoms. The topological polar surface area (TPSA) is 100 Å². The molecule has 2 unspecified atom stereocenters. The Labute approximate surface area is 106 Å². The first-order chi connectivity index (χ1) is 8.31. The van der Waals surface area contributed by atoms with Gasteiger partial charge in [0, 0.05) is 0 Å². The largest absolute Gasteiger partial charge is 0.462 e. The highest BCUT2D eigenvalue weighted by Crippen LogP contribution is 2.29. The molecule has 0 saturated heterocycles. The number of hydrogen-bond acceptors (Lipinski definition) is 6.